The molecule has 38 heavy (non-hydrogen) atoms. The number of hydrogen-bond donors (Lipinski definition) is 9. The summed E-state index contributed by atoms with van der Waals surface area (Å²) in [5, 5.41) is 16.2. The number of H-pyrrole nitrogens is 1. The van der Waals surface area contributed by atoms with E-state index in [-0.39, 0.29) is 44.9 Å². The molecule has 1 aromatic rings. The molecule has 4 unspecified atom stereocenters. The Labute approximate surface area is 216 Å². The quantitative estimate of drug-likeness (QED) is 0.0862. The summed E-state index contributed by atoms with van der Waals surface area (Å²) in [6.45, 7) is 0. The fraction of sp³-hybridized carbons (Fsp3) is 0.524. The molecule has 0 aromatic carbocycles. The van der Waals surface area contributed by atoms with Crippen LogP contribution >= 0.6 is 0 Å². The van der Waals surface area contributed by atoms with E-state index in [0.717, 1.165) is 0 Å². The Kier molecular flexibility index (Phi) is 12.9. The molecule has 6 amide bonds. The fourth-order valence-corrected chi connectivity index (χ4v) is 3.20. The average Bonchev–Trinajstić information content (AvgIpc) is 3.33. The number of aromatic amines is 1. The highest BCUT2D eigenvalue weighted by Gasteiger charge is 2.31. The molecule has 0 saturated heterocycles. The summed E-state index contributed by atoms with van der Waals surface area (Å²) in [5.74, 6) is -6.49. The number of amides is 6. The molecule has 17 nitrogen and oxygen atoms in total. The maximum Gasteiger partial charge on any atom is 0.326 e. The summed E-state index contributed by atoms with van der Waals surface area (Å²) in [4.78, 5) is 90.1. The zero-order valence-corrected chi connectivity index (χ0v) is 20.5. The van der Waals surface area contributed by atoms with Crippen molar-refractivity contribution in [1.29, 1.82) is 0 Å². The molecule has 1 heterocycles. The Morgan fingerprint density at radius 3 is 1.58 bits per heavy atom. The highest BCUT2D eigenvalue weighted by atomic mass is 16.4. The van der Waals surface area contributed by atoms with Gasteiger partial charge in [0.25, 0.3) is 0 Å². The summed E-state index contributed by atoms with van der Waals surface area (Å²) < 4.78 is 0. The minimum atomic E-state index is -1.52. The molecule has 210 valence electrons. The molecule has 1 rings (SSSR count). The second-order valence-electron chi connectivity index (χ2n) is 8.42. The molecule has 0 aliphatic heterocycles. The number of primary amides is 3. The van der Waals surface area contributed by atoms with Crippen LogP contribution in [0.1, 0.15) is 44.2 Å². The zero-order chi connectivity index (χ0) is 28.8. The Morgan fingerprint density at radius 2 is 1.18 bits per heavy atom. The van der Waals surface area contributed by atoms with Gasteiger partial charge in [-0.2, -0.15) is 0 Å². The van der Waals surface area contributed by atoms with Gasteiger partial charge in [0, 0.05) is 37.6 Å². The van der Waals surface area contributed by atoms with Gasteiger partial charge in [-0.05, 0) is 19.3 Å². The number of carbonyl (C=O) groups excluding carboxylic acids is 6. The van der Waals surface area contributed by atoms with Crippen molar-refractivity contribution in [3.05, 3.63) is 18.2 Å². The number of nitrogens with zero attached hydrogens (tertiary/aromatic N) is 1. The number of nitrogens with one attached hydrogen (secondary N) is 4. The monoisotopic (exact) mass is 539 g/mol. The normalized spacial score (nSPS) is 13.8. The van der Waals surface area contributed by atoms with E-state index in [4.69, 9.17) is 22.9 Å². The van der Waals surface area contributed by atoms with E-state index < -0.39 is 65.6 Å². The number of carboxylic acid groups (broad SMARTS) is 1. The molecule has 13 N–H and O–H groups in total. The van der Waals surface area contributed by atoms with Crippen LogP contribution in [0.2, 0.25) is 0 Å². The molecule has 0 spiro atoms. The Balaban J connectivity index is 3.01. The smallest absolute Gasteiger partial charge is 0.326 e. The van der Waals surface area contributed by atoms with Gasteiger partial charge in [0.15, 0.2) is 0 Å². The molecular formula is C21H33N9O8. The summed E-state index contributed by atoms with van der Waals surface area (Å²) >= 11 is 0. The number of imidazole rings is 1. The molecule has 4 atom stereocenters. The SMILES string of the molecule is NC(=O)CCC(NC(=O)C(CCC(N)=O)NC(=O)C(CCC(N)=O)NC(=O)C(N)Cc1cnc[nH]1)C(=O)O. The van der Waals surface area contributed by atoms with E-state index in [1.807, 2.05) is 0 Å². The maximum atomic E-state index is 13.0. The van der Waals surface area contributed by atoms with Crippen LogP contribution in [0.3, 0.4) is 0 Å². The standard InChI is InChI=1S/C21H33N9O8/c22-11(7-10-8-26-9-27-10)18(34)28-12(1-4-15(23)31)19(35)29-13(2-5-16(24)32)20(36)30-14(21(37)38)3-6-17(25)33/h8-9,11-14H,1-7,22H2,(H2,23,31)(H2,24,32)(H2,25,33)(H,26,27)(H,28,34)(H,29,35)(H,30,36)(H,37,38). The first-order valence-corrected chi connectivity index (χ1v) is 11.5. The third kappa shape index (κ3) is 11.9. The van der Waals surface area contributed by atoms with Crippen molar-refractivity contribution in [2.45, 2.75) is 69.1 Å². The van der Waals surface area contributed by atoms with Crippen LogP contribution in [0.4, 0.5) is 0 Å². The molecule has 0 aliphatic rings. The van der Waals surface area contributed by atoms with E-state index in [0.29, 0.717) is 5.69 Å². The number of carboxylic acids is 1. The Bertz CT molecular complexity index is 1010. The van der Waals surface area contributed by atoms with Gasteiger partial charge in [-0.25, -0.2) is 9.78 Å². The van der Waals surface area contributed by atoms with E-state index >= 15 is 0 Å². The van der Waals surface area contributed by atoms with Crippen molar-refractivity contribution in [1.82, 2.24) is 25.9 Å². The molecular weight excluding hydrogens is 506 g/mol. The molecule has 1 aromatic heterocycles. The fourth-order valence-electron chi connectivity index (χ4n) is 3.20. The summed E-state index contributed by atoms with van der Waals surface area (Å²) in [6.07, 6.45) is 1.03. The topological polar surface area (TPSA) is 309 Å². The summed E-state index contributed by atoms with van der Waals surface area (Å²) in [7, 11) is 0. The molecule has 0 saturated carbocycles. The van der Waals surface area contributed by atoms with Gasteiger partial charge in [0.2, 0.25) is 35.4 Å². The van der Waals surface area contributed by atoms with Crippen LogP contribution in [0, 0.1) is 0 Å². The second-order valence-corrected chi connectivity index (χ2v) is 8.42. The Morgan fingerprint density at radius 1 is 0.763 bits per heavy atom. The molecule has 17 heteroatoms. The van der Waals surface area contributed by atoms with Gasteiger partial charge in [0.05, 0.1) is 12.4 Å². The van der Waals surface area contributed by atoms with Gasteiger partial charge in [-0.1, -0.05) is 0 Å². The van der Waals surface area contributed by atoms with Crippen LogP contribution in [0.25, 0.3) is 0 Å². The zero-order valence-electron chi connectivity index (χ0n) is 20.5. The highest BCUT2D eigenvalue weighted by Crippen LogP contribution is 2.06. The lowest BCUT2D eigenvalue weighted by molar-refractivity contribution is -0.142. The lowest BCUT2D eigenvalue weighted by Gasteiger charge is -2.25. The minimum absolute atomic E-state index is 0.0571. The molecule has 0 bridgehead atoms. The van der Waals surface area contributed by atoms with Crippen molar-refractivity contribution in [3.63, 3.8) is 0 Å². The first-order valence-electron chi connectivity index (χ1n) is 11.5. The van der Waals surface area contributed by atoms with Crippen molar-refractivity contribution in [2.75, 3.05) is 0 Å². The van der Waals surface area contributed by atoms with Crippen molar-refractivity contribution in [2.24, 2.45) is 22.9 Å². The van der Waals surface area contributed by atoms with E-state index in [1.165, 1.54) is 12.5 Å². The lowest BCUT2D eigenvalue weighted by atomic mass is 10.0. The van der Waals surface area contributed by atoms with Gasteiger partial charge < -0.3 is 49.0 Å². The number of carbonyl (C=O) groups is 7. The number of nitrogens with two attached hydrogens (primary N) is 4. The van der Waals surface area contributed by atoms with E-state index in [2.05, 4.69) is 25.9 Å². The van der Waals surface area contributed by atoms with Gasteiger partial charge >= 0.3 is 5.97 Å². The van der Waals surface area contributed by atoms with Crippen LogP contribution in [-0.2, 0) is 40.0 Å². The lowest BCUT2D eigenvalue weighted by Crippen LogP contribution is -2.57. The number of rotatable bonds is 18. The van der Waals surface area contributed by atoms with Gasteiger partial charge in [-0.15, -0.1) is 0 Å². The number of aliphatic carboxylic acids is 1. The number of hydrogen-bond acceptors (Lipinski definition) is 9. The van der Waals surface area contributed by atoms with Crippen LogP contribution in [0.5, 0.6) is 0 Å². The molecule has 0 aliphatic carbocycles. The average molecular weight is 540 g/mol. The first-order chi connectivity index (χ1) is 17.8. The number of aromatic nitrogens is 2. The molecule has 0 fully saturated rings. The summed E-state index contributed by atoms with van der Waals surface area (Å²) in [5.41, 5.74) is 21.8. The van der Waals surface area contributed by atoms with Crippen LogP contribution < -0.4 is 38.9 Å². The van der Waals surface area contributed by atoms with Crippen LogP contribution in [-0.4, -0.2) is 80.7 Å². The van der Waals surface area contributed by atoms with E-state index in [1.54, 1.807) is 0 Å². The largest absolute Gasteiger partial charge is 0.480 e. The minimum Gasteiger partial charge on any atom is -0.480 e. The van der Waals surface area contributed by atoms with Gasteiger partial charge in [-0.3, -0.25) is 28.8 Å². The van der Waals surface area contributed by atoms with Crippen molar-refractivity contribution >= 4 is 41.4 Å². The third-order valence-electron chi connectivity index (χ3n) is 5.25. The predicted molar refractivity (Wildman–Crippen MR) is 129 cm³/mol. The Hall–Kier alpha value is -4.54. The van der Waals surface area contributed by atoms with E-state index in [9.17, 15) is 38.7 Å². The predicted octanol–water partition coefficient (Wildman–Crippen LogP) is -4.39. The first kappa shape index (κ1) is 31.5. The van der Waals surface area contributed by atoms with Crippen molar-refractivity contribution in [3.8, 4) is 0 Å². The maximum absolute atomic E-state index is 13.0. The van der Waals surface area contributed by atoms with Crippen molar-refractivity contribution < 1.29 is 38.7 Å². The summed E-state index contributed by atoms with van der Waals surface area (Å²) in [6, 6.07) is -5.45. The second kappa shape index (κ2) is 15.5. The highest BCUT2D eigenvalue weighted by molar-refractivity contribution is 5.94. The molecule has 0 radical (unpaired) electrons. The van der Waals surface area contributed by atoms with Gasteiger partial charge in [0.1, 0.15) is 18.1 Å². The van der Waals surface area contributed by atoms with Crippen LogP contribution in [0.15, 0.2) is 12.5 Å². The third-order valence-corrected chi connectivity index (χ3v) is 5.25.